The molecule has 1 aliphatic carbocycles. The molecule has 138 valence electrons. The van der Waals surface area contributed by atoms with Gasteiger partial charge in [-0.3, -0.25) is 4.79 Å². The van der Waals surface area contributed by atoms with Crippen molar-refractivity contribution >= 4 is 33.5 Å². The second kappa shape index (κ2) is 8.16. The van der Waals surface area contributed by atoms with Gasteiger partial charge in [-0.25, -0.2) is 18.4 Å². The lowest BCUT2D eigenvalue weighted by Gasteiger charge is -2.24. The number of sulfonamides is 1. The molecule has 1 aromatic rings. The number of hydrogen-bond donors (Lipinski definition) is 2. The van der Waals surface area contributed by atoms with E-state index in [0.717, 1.165) is 31.7 Å². The van der Waals surface area contributed by atoms with E-state index in [1.54, 1.807) is 0 Å². The van der Waals surface area contributed by atoms with Crippen LogP contribution in [0.4, 0.5) is 0 Å². The molecule has 0 radical (unpaired) electrons. The van der Waals surface area contributed by atoms with E-state index in [2.05, 4.69) is 5.32 Å². The molecule has 0 heterocycles. The van der Waals surface area contributed by atoms with Crippen LogP contribution in [-0.4, -0.2) is 32.4 Å². The quantitative estimate of drug-likeness (QED) is 0.748. The molecule has 9 heteroatoms. The highest BCUT2D eigenvalue weighted by Crippen LogP contribution is 2.22. The van der Waals surface area contributed by atoms with Crippen LogP contribution in [0.2, 0.25) is 5.02 Å². The summed E-state index contributed by atoms with van der Waals surface area (Å²) in [5, 5.41) is 7.82. The Morgan fingerprint density at radius 1 is 1.28 bits per heavy atom. The number of nitrogens with two attached hydrogens (primary N) is 1. The number of nitrogens with one attached hydrogen (secondary N) is 1. The van der Waals surface area contributed by atoms with Crippen LogP contribution < -0.4 is 10.5 Å². The second-order valence-electron chi connectivity index (χ2n) is 6.08. The third kappa shape index (κ3) is 5.42. The van der Waals surface area contributed by atoms with Crippen molar-refractivity contribution in [1.82, 2.24) is 5.32 Å². The standard InChI is InChI=1S/C16H21ClN2O5S/c1-10(15(20)19-12-5-3-2-4-6-12)24-16(21)11-7-8-13(17)14(9-11)25(18,22)23/h7-10,12H,2-6H2,1H3,(H,19,20)(H2,18,22,23)/t10-/m1/s1. The smallest absolute Gasteiger partial charge is 0.338 e. The topological polar surface area (TPSA) is 116 Å². The van der Waals surface area contributed by atoms with Crippen molar-refractivity contribution in [1.29, 1.82) is 0 Å². The minimum absolute atomic E-state index is 0.0502. The van der Waals surface area contributed by atoms with Crippen LogP contribution in [0.3, 0.4) is 0 Å². The van der Waals surface area contributed by atoms with Crippen LogP contribution in [0.25, 0.3) is 0 Å². The summed E-state index contributed by atoms with van der Waals surface area (Å²) in [5.74, 6) is -1.20. The average molecular weight is 389 g/mol. The van der Waals surface area contributed by atoms with Crippen LogP contribution in [0.15, 0.2) is 23.1 Å². The Bertz CT molecular complexity index is 760. The summed E-state index contributed by atoms with van der Waals surface area (Å²) in [4.78, 5) is 23.9. The number of rotatable bonds is 5. The number of hydrogen-bond acceptors (Lipinski definition) is 5. The summed E-state index contributed by atoms with van der Waals surface area (Å²) in [5.41, 5.74) is -0.0502. The van der Waals surface area contributed by atoms with Gasteiger partial charge in [0.05, 0.1) is 10.6 Å². The van der Waals surface area contributed by atoms with Crippen molar-refractivity contribution in [3.63, 3.8) is 0 Å². The molecule has 0 aromatic heterocycles. The predicted molar refractivity (Wildman–Crippen MR) is 92.7 cm³/mol. The normalized spacial score (nSPS) is 16.9. The molecule has 7 nitrogen and oxygen atoms in total. The largest absolute Gasteiger partial charge is 0.449 e. The maximum Gasteiger partial charge on any atom is 0.338 e. The van der Waals surface area contributed by atoms with Gasteiger partial charge in [-0.05, 0) is 38.0 Å². The van der Waals surface area contributed by atoms with Crippen molar-refractivity contribution in [2.24, 2.45) is 5.14 Å². The number of esters is 1. The summed E-state index contributed by atoms with van der Waals surface area (Å²) in [6, 6.07) is 3.69. The van der Waals surface area contributed by atoms with Gasteiger partial charge in [-0.1, -0.05) is 30.9 Å². The Kier molecular flexibility index (Phi) is 6.42. The zero-order valence-electron chi connectivity index (χ0n) is 13.8. The van der Waals surface area contributed by atoms with E-state index in [1.165, 1.54) is 25.5 Å². The number of primary sulfonamides is 1. The second-order valence-corrected chi connectivity index (χ2v) is 8.02. The molecule has 3 N–H and O–H groups in total. The van der Waals surface area contributed by atoms with E-state index in [4.69, 9.17) is 21.5 Å². The van der Waals surface area contributed by atoms with E-state index in [0.29, 0.717) is 0 Å². The van der Waals surface area contributed by atoms with Crippen LogP contribution >= 0.6 is 11.6 Å². The van der Waals surface area contributed by atoms with Crippen LogP contribution in [0, 0.1) is 0 Å². The lowest BCUT2D eigenvalue weighted by Crippen LogP contribution is -2.42. The van der Waals surface area contributed by atoms with Gasteiger partial charge >= 0.3 is 5.97 Å². The number of benzene rings is 1. The minimum Gasteiger partial charge on any atom is -0.449 e. The van der Waals surface area contributed by atoms with Crippen LogP contribution in [-0.2, 0) is 19.6 Å². The summed E-state index contributed by atoms with van der Waals surface area (Å²) in [6.07, 6.45) is 4.14. The number of amides is 1. The van der Waals surface area contributed by atoms with Gasteiger partial charge in [0.2, 0.25) is 10.0 Å². The first-order valence-corrected chi connectivity index (χ1v) is 9.94. The van der Waals surface area contributed by atoms with Gasteiger partial charge in [0.25, 0.3) is 5.91 Å². The van der Waals surface area contributed by atoms with Gasteiger partial charge in [0.15, 0.2) is 6.10 Å². The zero-order chi connectivity index (χ0) is 18.6. The van der Waals surface area contributed by atoms with Crippen LogP contribution in [0.5, 0.6) is 0 Å². The average Bonchev–Trinajstić information content (AvgIpc) is 2.54. The molecule has 1 atom stereocenters. The first kappa shape index (κ1) is 19.7. The Balaban J connectivity index is 2.02. The Hall–Kier alpha value is -1.64. The Labute approximate surface area is 151 Å². The first-order chi connectivity index (χ1) is 11.7. The summed E-state index contributed by atoms with van der Waals surface area (Å²) in [7, 11) is -4.07. The first-order valence-electron chi connectivity index (χ1n) is 8.02. The monoisotopic (exact) mass is 388 g/mol. The van der Waals surface area contributed by atoms with E-state index in [9.17, 15) is 18.0 Å². The third-order valence-corrected chi connectivity index (χ3v) is 5.47. The number of ether oxygens (including phenoxy) is 1. The molecular weight excluding hydrogens is 368 g/mol. The molecule has 1 saturated carbocycles. The lowest BCUT2D eigenvalue weighted by molar-refractivity contribution is -0.130. The molecule has 2 rings (SSSR count). The fourth-order valence-corrected chi connectivity index (χ4v) is 3.77. The van der Waals surface area contributed by atoms with E-state index < -0.39 is 22.1 Å². The lowest BCUT2D eigenvalue weighted by atomic mass is 9.95. The van der Waals surface area contributed by atoms with Crippen molar-refractivity contribution in [3.05, 3.63) is 28.8 Å². The zero-order valence-corrected chi connectivity index (χ0v) is 15.4. The van der Waals surface area contributed by atoms with Gasteiger partial charge < -0.3 is 10.1 Å². The Morgan fingerprint density at radius 3 is 2.52 bits per heavy atom. The van der Waals surface area contributed by atoms with Gasteiger partial charge in [0.1, 0.15) is 4.90 Å². The van der Waals surface area contributed by atoms with Crippen molar-refractivity contribution in [2.75, 3.05) is 0 Å². The summed E-state index contributed by atoms with van der Waals surface area (Å²) >= 11 is 5.77. The Morgan fingerprint density at radius 2 is 1.92 bits per heavy atom. The number of carbonyl (C=O) groups excluding carboxylic acids is 2. The highest BCUT2D eigenvalue weighted by Gasteiger charge is 2.24. The third-order valence-electron chi connectivity index (χ3n) is 4.08. The van der Waals surface area contributed by atoms with Crippen molar-refractivity contribution in [2.45, 2.75) is 56.1 Å². The van der Waals surface area contributed by atoms with Gasteiger partial charge in [-0.15, -0.1) is 0 Å². The fraction of sp³-hybridized carbons (Fsp3) is 0.500. The number of halogens is 1. The molecule has 1 fully saturated rings. The molecule has 1 aromatic carbocycles. The summed E-state index contributed by atoms with van der Waals surface area (Å²) < 4.78 is 28.0. The van der Waals surface area contributed by atoms with E-state index in [-0.39, 0.29) is 27.4 Å². The van der Waals surface area contributed by atoms with Crippen LogP contribution in [0.1, 0.15) is 49.4 Å². The molecule has 0 saturated heterocycles. The molecule has 1 amide bonds. The molecule has 0 unspecified atom stereocenters. The van der Waals surface area contributed by atoms with E-state index in [1.807, 2.05) is 0 Å². The highest BCUT2D eigenvalue weighted by atomic mass is 35.5. The molecule has 1 aliphatic rings. The molecule has 25 heavy (non-hydrogen) atoms. The van der Waals surface area contributed by atoms with E-state index >= 15 is 0 Å². The summed E-state index contributed by atoms with van der Waals surface area (Å²) in [6.45, 7) is 1.46. The van der Waals surface area contributed by atoms with Crippen molar-refractivity contribution < 1.29 is 22.7 Å². The van der Waals surface area contributed by atoms with Gasteiger partial charge in [-0.2, -0.15) is 0 Å². The molecule has 0 aliphatic heterocycles. The fourth-order valence-electron chi connectivity index (χ4n) is 2.70. The molecular formula is C16H21ClN2O5S. The SMILES string of the molecule is C[C@@H](OC(=O)c1ccc(Cl)c(S(N)(=O)=O)c1)C(=O)NC1CCCCC1. The van der Waals surface area contributed by atoms with Crippen molar-refractivity contribution in [3.8, 4) is 0 Å². The minimum atomic E-state index is -4.07. The number of carbonyl (C=O) groups is 2. The molecule has 0 bridgehead atoms. The maximum absolute atomic E-state index is 12.2. The highest BCUT2D eigenvalue weighted by molar-refractivity contribution is 7.89. The van der Waals surface area contributed by atoms with Gasteiger partial charge in [0, 0.05) is 6.04 Å². The maximum atomic E-state index is 12.2. The molecule has 0 spiro atoms. The predicted octanol–water partition coefficient (Wildman–Crippen LogP) is 1.98.